The zero-order valence-electron chi connectivity index (χ0n) is 14.8. The van der Waals surface area contributed by atoms with Crippen molar-refractivity contribution in [3.05, 3.63) is 29.8 Å². The summed E-state index contributed by atoms with van der Waals surface area (Å²) in [6.07, 6.45) is 2.78. The maximum atomic E-state index is 12.3. The van der Waals surface area contributed by atoms with Gasteiger partial charge in [0.25, 0.3) is 0 Å². The number of thioether (sulfide) groups is 1. The second-order valence-electron chi connectivity index (χ2n) is 6.87. The highest BCUT2D eigenvalue weighted by Gasteiger charge is 2.26. The Morgan fingerprint density at radius 1 is 1.24 bits per heavy atom. The van der Waals surface area contributed by atoms with Gasteiger partial charge < -0.3 is 20.7 Å². The zero-order chi connectivity index (χ0) is 17.5. The number of amides is 1. The Bertz CT molecular complexity index is 540. The largest absolute Gasteiger partial charge is 0.381 e. The number of hydrogen-bond donors (Lipinski definition) is 2. The molecule has 0 aliphatic carbocycles. The molecule has 1 amide bonds. The predicted molar refractivity (Wildman–Crippen MR) is 104 cm³/mol. The van der Waals surface area contributed by atoms with E-state index < -0.39 is 6.04 Å². The van der Waals surface area contributed by atoms with Crippen LogP contribution in [0.25, 0.3) is 0 Å². The summed E-state index contributed by atoms with van der Waals surface area (Å²) < 4.78 is 5.34. The highest BCUT2D eigenvalue weighted by atomic mass is 32.2. The Morgan fingerprint density at radius 2 is 1.92 bits per heavy atom. The number of carbonyl (C=O) groups is 1. The molecule has 5 nitrogen and oxygen atoms in total. The molecule has 138 valence electrons. The fourth-order valence-corrected chi connectivity index (χ4v) is 4.36. The number of nitrogens with one attached hydrogen (secondary N) is 1. The van der Waals surface area contributed by atoms with E-state index in [0.717, 1.165) is 31.5 Å². The van der Waals surface area contributed by atoms with Gasteiger partial charge in [-0.15, -0.1) is 0 Å². The summed E-state index contributed by atoms with van der Waals surface area (Å²) in [4.78, 5) is 14.9. The monoisotopic (exact) mass is 363 g/mol. The summed E-state index contributed by atoms with van der Waals surface area (Å²) in [5.74, 6) is 2.62. The van der Waals surface area contributed by atoms with Gasteiger partial charge in [-0.1, -0.05) is 12.1 Å². The highest BCUT2D eigenvalue weighted by Crippen LogP contribution is 2.19. The van der Waals surface area contributed by atoms with Crippen molar-refractivity contribution in [1.29, 1.82) is 0 Å². The summed E-state index contributed by atoms with van der Waals surface area (Å²) in [5.41, 5.74) is 8.26. The van der Waals surface area contributed by atoms with Gasteiger partial charge in [-0.3, -0.25) is 4.79 Å². The number of carbonyl (C=O) groups excluding carboxylic acids is 1. The summed E-state index contributed by atoms with van der Waals surface area (Å²) >= 11 is 2.04. The lowest BCUT2D eigenvalue weighted by molar-refractivity contribution is -0.119. The minimum atomic E-state index is -0.458. The average Bonchev–Trinajstić information content (AvgIpc) is 2.68. The van der Waals surface area contributed by atoms with Crippen LogP contribution in [-0.4, -0.2) is 61.2 Å². The Hall–Kier alpha value is -1.08. The molecule has 0 bridgehead atoms. The molecule has 2 saturated heterocycles. The van der Waals surface area contributed by atoms with Crippen molar-refractivity contribution in [2.75, 3.05) is 49.7 Å². The van der Waals surface area contributed by atoms with Gasteiger partial charge in [0.2, 0.25) is 5.91 Å². The van der Waals surface area contributed by atoms with Crippen molar-refractivity contribution >= 4 is 23.4 Å². The van der Waals surface area contributed by atoms with E-state index in [0.29, 0.717) is 13.2 Å². The molecule has 1 aromatic carbocycles. The normalized spacial score (nSPS) is 21.0. The first kappa shape index (κ1) is 18.7. The summed E-state index contributed by atoms with van der Waals surface area (Å²) in [7, 11) is 0. The molecular formula is C19H29N3O2S. The zero-order valence-corrected chi connectivity index (χ0v) is 15.6. The maximum Gasteiger partial charge on any atom is 0.241 e. The summed E-state index contributed by atoms with van der Waals surface area (Å²) in [6, 6.07) is 7.72. The third-order valence-electron chi connectivity index (χ3n) is 5.12. The van der Waals surface area contributed by atoms with Crippen molar-refractivity contribution in [2.24, 2.45) is 11.7 Å². The summed E-state index contributed by atoms with van der Waals surface area (Å²) in [6.45, 7) is 4.92. The molecule has 0 spiro atoms. The number of hydrogen-bond acceptors (Lipinski definition) is 5. The maximum absolute atomic E-state index is 12.3. The van der Waals surface area contributed by atoms with E-state index in [9.17, 15) is 4.79 Å². The van der Waals surface area contributed by atoms with Crippen LogP contribution in [0, 0.1) is 5.92 Å². The molecule has 0 saturated carbocycles. The minimum absolute atomic E-state index is 0.0922. The van der Waals surface area contributed by atoms with Crippen molar-refractivity contribution < 1.29 is 9.53 Å². The van der Waals surface area contributed by atoms with E-state index in [-0.39, 0.29) is 11.8 Å². The van der Waals surface area contributed by atoms with Gasteiger partial charge in [0, 0.05) is 50.0 Å². The van der Waals surface area contributed by atoms with Gasteiger partial charge in [-0.25, -0.2) is 0 Å². The molecule has 1 aromatic rings. The van der Waals surface area contributed by atoms with Crippen LogP contribution in [0.2, 0.25) is 0 Å². The molecule has 2 aliphatic rings. The lowest BCUT2D eigenvalue weighted by Gasteiger charge is -2.27. The SMILES string of the molecule is NC(C(=O)Nc1ccc(CCN2CCSCC2)cc1)C1CCOCC1. The van der Waals surface area contributed by atoms with Crippen LogP contribution >= 0.6 is 11.8 Å². The fraction of sp³-hybridized carbons (Fsp3) is 0.632. The number of ether oxygens (including phenoxy) is 1. The molecule has 2 fully saturated rings. The molecule has 2 heterocycles. The average molecular weight is 364 g/mol. The Labute approximate surface area is 154 Å². The van der Waals surface area contributed by atoms with Crippen molar-refractivity contribution in [1.82, 2.24) is 4.90 Å². The van der Waals surface area contributed by atoms with Gasteiger partial charge in [-0.2, -0.15) is 11.8 Å². The Morgan fingerprint density at radius 3 is 2.60 bits per heavy atom. The quantitative estimate of drug-likeness (QED) is 0.809. The molecular weight excluding hydrogens is 334 g/mol. The van der Waals surface area contributed by atoms with E-state index in [1.54, 1.807) is 0 Å². The number of rotatable bonds is 6. The lowest BCUT2D eigenvalue weighted by Crippen LogP contribution is -2.44. The third-order valence-corrected chi connectivity index (χ3v) is 6.06. The van der Waals surface area contributed by atoms with Crippen LogP contribution < -0.4 is 11.1 Å². The number of anilines is 1. The molecule has 1 unspecified atom stereocenters. The topological polar surface area (TPSA) is 67.6 Å². The van der Waals surface area contributed by atoms with Crippen LogP contribution in [0.5, 0.6) is 0 Å². The first-order valence-corrected chi connectivity index (χ1v) is 10.4. The molecule has 6 heteroatoms. The van der Waals surface area contributed by atoms with E-state index in [4.69, 9.17) is 10.5 Å². The van der Waals surface area contributed by atoms with Gasteiger partial charge in [-0.05, 0) is 42.9 Å². The van der Waals surface area contributed by atoms with Gasteiger partial charge in [0.15, 0.2) is 0 Å². The second kappa shape index (κ2) is 9.57. The minimum Gasteiger partial charge on any atom is -0.381 e. The standard InChI is InChI=1S/C19H29N3O2S/c20-18(16-6-11-24-12-7-16)19(23)21-17-3-1-15(2-4-17)5-8-22-9-13-25-14-10-22/h1-4,16,18H,5-14,20H2,(H,21,23). The second-order valence-corrected chi connectivity index (χ2v) is 8.09. The van der Waals surface area contributed by atoms with Gasteiger partial charge >= 0.3 is 0 Å². The van der Waals surface area contributed by atoms with Crippen molar-refractivity contribution in [3.8, 4) is 0 Å². The van der Waals surface area contributed by atoms with Crippen molar-refractivity contribution in [2.45, 2.75) is 25.3 Å². The van der Waals surface area contributed by atoms with Crippen LogP contribution in [0.1, 0.15) is 18.4 Å². The van der Waals surface area contributed by atoms with Crippen LogP contribution in [0.4, 0.5) is 5.69 Å². The molecule has 3 rings (SSSR count). The molecule has 0 radical (unpaired) electrons. The van der Waals surface area contributed by atoms with E-state index in [1.165, 1.54) is 30.2 Å². The van der Waals surface area contributed by atoms with Crippen LogP contribution in [0.15, 0.2) is 24.3 Å². The van der Waals surface area contributed by atoms with E-state index >= 15 is 0 Å². The van der Waals surface area contributed by atoms with Gasteiger partial charge in [0.05, 0.1) is 6.04 Å². The third kappa shape index (κ3) is 5.71. The van der Waals surface area contributed by atoms with Crippen LogP contribution in [-0.2, 0) is 16.0 Å². The van der Waals surface area contributed by atoms with E-state index in [2.05, 4.69) is 22.3 Å². The lowest BCUT2D eigenvalue weighted by atomic mass is 9.92. The van der Waals surface area contributed by atoms with Crippen molar-refractivity contribution in [3.63, 3.8) is 0 Å². The first-order chi connectivity index (χ1) is 12.2. The number of nitrogens with two attached hydrogens (primary N) is 1. The Balaban J connectivity index is 1.45. The smallest absolute Gasteiger partial charge is 0.241 e. The molecule has 2 aliphatic heterocycles. The van der Waals surface area contributed by atoms with Crippen LogP contribution in [0.3, 0.4) is 0 Å². The number of nitrogens with zero attached hydrogens (tertiary/aromatic N) is 1. The molecule has 3 N–H and O–H groups in total. The number of benzene rings is 1. The predicted octanol–water partition coefficient (Wildman–Crippen LogP) is 1.97. The first-order valence-electron chi connectivity index (χ1n) is 9.25. The molecule has 1 atom stereocenters. The van der Waals surface area contributed by atoms with Gasteiger partial charge in [0.1, 0.15) is 0 Å². The van der Waals surface area contributed by atoms with E-state index in [1.807, 2.05) is 23.9 Å². The fourth-order valence-electron chi connectivity index (χ4n) is 3.38. The summed E-state index contributed by atoms with van der Waals surface area (Å²) in [5, 5.41) is 2.95. The molecule has 0 aromatic heterocycles. The highest BCUT2D eigenvalue weighted by molar-refractivity contribution is 7.99. The Kier molecular flexibility index (Phi) is 7.16. The molecule has 25 heavy (non-hydrogen) atoms.